The second-order valence-electron chi connectivity index (χ2n) is 7.26. The molecule has 1 heterocycles. The summed E-state index contributed by atoms with van der Waals surface area (Å²) in [6, 6.07) is -0.0796. The number of likely N-dealkylation sites (tertiary alicyclic amines) is 1. The highest BCUT2D eigenvalue weighted by Gasteiger charge is 2.26. The Kier molecular flexibility index (Phi) is 12.9. The average Bonchev–Trinajstić information content (AvgIpc) is 2.61. The van der Waals surface area contributed by atoms with E-state index in [2.05, 4.69) is 42.9 Å². The first kappa shape index (κ1) is 24.5. The van der Waals surface area contributed by atoms with Gasteiger partial charge in [0.05, 0.1) is 0 Å². The van der Waals surface area contributed by atoms with Gasteiger partial charge in [0.1, 0.15) is 6.04 Å². The lowest BCUT2D eigenvalue weighted by Crippen LogP contribution is -2.48. The Morgan fingerprint density at radius 2 is 1.92 bits per heavy atom. The van der Waals surface area contributed by atoms with Crippen LogP contribution in [0.1, 0.15) is 81.5 Å². The predicted molar refractivity (Wildman–Crippen MR) is 112 cm³/mol. The summed E-state index contributed by atoms with van der Waals surface area (Å²) in [6.07, 6.45) is 5.33. The van der Waals surface area contributed by atoms with Gasteiger partial charge in [0.25, 0.3) is 0 Å². The van der Waals surface area contributed by atoms with Gasteiger partial charge in [0.15, 0.2) is 0 Å². The van der Waals surface area contributed by atoms with E-state index in [1.54, 1.807) is 0 Å². The SMILES string of the molecule is C=C(C[C@H](NC(=O)CCC(C)C)C(=O)NCC)N1CCCC[C@@H]1C.CC.[HH]. The number of hydrogen-bond donors (Lipinski definition) is 2. The number of carbonyl (C=O) groups excluding carboxylic acids is 2. The van der Waals surface area contributed by atoms with E-state index in [4.69, 9.17) is 0 Å². The van der Waals surface area contributed by atoms with Crippen LogP contribution in [-0.4, -0.2) is 41.9 Å². The van der Waals surface area contributed by atoms with Gasteiger partial charge in [0.2, 0.25) is 11.8 Å². The molecule has 1 fully saturated rings. The molecular weight excluding hydrogens is 326 g/mol. The van der Waals surface area contributed by atoms with E-state index in [0.717, 1.165) is 31.5 Å². The summed E-state index contributed by atoms with van der Waals surface area (Å²) in [5.41, 5.74) is 0.947. The monoisotopic (exact) mass is 369 g/mol. The molecule has 0 radical (unpaired) electrons. The van der Waals surface area contributed by atoms with Crippen LogP contribution in [-0.2, 0) is 9.59 Å². The number of likely N-dealkylation sites (N-methyl/N-ethyl adjacent to an activating group) is 1. The molecule has 2 N–H and O–H groups in total. The quantitative estimate of drug-likeness (QED) is 0.643. The predicted octanol–water partition coefficient (Wildman–Crippen LogP) is 4.09. The van der Waals surface area contributed by atoms with Crippen molar-refractivity contribution in [3.05, 3.63) is 12.3 Å². The Balaban J connectivity index is 0. The molecule has 2 amide bonds. The Hall–Kier alpha value is -1.52. The average molecular weight is 370 g/mol. The first-order valence-corrected chi connectivity index (χ1v) is 10.4. The van der Waals surface area contributed by atoms with Gasteiger partial charge in [-0.15, -0.1) is 0 Å². The van der Waals surface area contributed by atoms with Crippen LogP contribution in [0.25, 0.3) is 0 Å². The largest absolute Gasteiger partial charge is 0.373 e. The number of carbonyl (C=O) groups is 2. The van der Waals surface area contributed by atoms with Gasteiger partial charge in [-0.3, -0.25) is 9.59 Å². The summed E-state index contributed by atoms with van der Waals surface area (Å²) in [7, 11) is 0. The van der Waals surface area contributed by atoms with E-state index in [0.29, 0.717) is 31.3 Å². The Labute approximate surface area is 162 Å². The molecule has 1 aliphatic heterocycles. The van der Waals surface area contributed by atoms with Crippen molar-refractivity contribution in [1.82, 2.24) is 15.5 Å². The number of nitrogens with one attached hydrogen (secondary N) is 2. The molecule has 1 aliphatic rings. The molecule has 0 spiro atoms. The van der Waals surface area contributed by atoms with Crippen molar-refractivity contribution in [3.63, 3.8) is 0 Å². The summed E-state index contributed by atoms with van der Waals surface area (Å²) in [5, 5.41) is 5.73. The third-order valence-electron chi connectivity index (χ3n) is 4.60. The number of nitrogens with zero attached hydrogens (tertiary/aromatic N) is 1. The van der Waals surface area contributed by atoms with E-state index in [1.165, 1.54) is 6.42 Å². The molecule has 0 aromatic heterocycles. The highest BCUT2D eigenvalue weighted by molar-refractivity contribution is 5.87. The lowest BCUT2D eigenvalue weighted by molar-refractivity contribution is -0.129. The van der Waals surface area contributed by atoms with Crippen LogP contribution in [0.2, 0.25) is 0 Å². The minimum absolute atomic E-state index is 0. The normalized spacial score (nSPS) is 17.8. The van der Waals surface area contributed by atoms with Crippen molar-refractivity contribution in [2.45, 2.75) is 92.2 Å². The molecule has 0 aromatic rings. The van der Waals surface area contributed by atoms with E-state index in [1.807, 2.05) is 20.8 Å². The van der Waals surface area contributed by atoms with Crippen molar-refractivity contribution in [2.75, 3.05) is 13.1 Å². The van der Waals surface area contributed by atoms with Crippen LogP contribution in [0.5, 0.6) is 0 Å². The lowest BCUT2D eigenvalue weighted by Gasteiger charge is -2.37. The fourth-order valence-electron chi connectivity index (χ4n) is 3.11. The number of amides is 2. The van der Waals surface area contributed by atoms with Gasteiger partial charge < -0.3 is 15.5 Å². The number of hydrogen-bond acceptors (Lipinski definition) is 3. The minimum atomic E-state index is -0.536. The first-order chi connectivity index (χ1) is 12.3. The van der Waals surface area contributed by atoms with Gasteiger partial charge >= 0.3 is 0 Å². The van der Waals surface area contributed by atoms with Gasteiger partial charge in [-0.05, 0) is 45.4 Å². The van der Waals surface area contributed by atoms with Crippen LogP contribution in [0.3, 0.4) is 0 Å². The zero-order chi connectivity index (χ0) is 20.1. The standard InChI is InChI=1S/C19H35N3O2.C2H6.H2/c1-6-20-19(24)17(21-18(23)11-10-14(2)3)13-16(5)22-12-8-7-9-15(22)4;1-2;/h14-15,17H,5-13H2,1-4H3,(H,20,24)(H,21,23);1-2H3;1H/t15-,17-;;/m0../s1. The summed E-state index contributed by atoms with van der Waals surface area (Å²) >= 11 is 0. The topological polar surface area (TPSA) is 61.4 Å². The number of piperidine rings is 1. The maximum atomic E-state index is 12.3. The molecule has 26 heavy (non-hydrogen) atoms. The molecule has 0 saturated carbocycles. The highest BCUT2D eigenvalue weighted by Crippen LogP contribution is 2.22. The van der Waals surface area contributed by atoms with E-state index in [9.17, 15) is 9.59 Å². The van der Waals surface area contributed by atoms with Gasteiger partial charge in [-0.25, -0.2) is 0 Å². The van der Waals surface area contributed by atoms with E-state index in [-0.39, 0.29) is 13.2 Å². The van der Waals surface area contributed by atoms with Crippen molar-refractivity contribution in [3.8, 4) is 0 Å². The van der Waals surface area contributed by atoms with E-state index < -0.39 is 6.04 Å². The maximum absolute atomic E-state index is 12.3. The number of rotatable bonds is 9. The fourth-order valence-corrected chi connectivity index (χ4v) is 3.11. The van der Waals surface area contributed by atoms with Gasteiger partial charge in [-0.1, -0.05) is 34.3 Å². The molecule has 154 valence electrons. The minimum Gasteiger partial charge on any atom is -0.373 e. The molecule has 0 aliphatic carbocycles. The third kappa shape index (κ3) is 9.25. The molecule has 1 saturated heterocycles. The summed E-state index contributed by atoms with van der Waals surface area (Å²) in [5.74, 6) is 0.295. The van der Waals surface area contributed by atoms with E-state index >= 15 is 0 Å². The van der Waals surface area contributed by atoms with Gasteiger partial charge in [-0.2, -0.15) is 0 Å². The summed E-state index contributed by atoms with van der Waals surface area (Å²) < 4.78 is 0. The zero-order valence-corrected chi connectivity index (χ0v) is 17.9. The van der Waals surface area contributed by atoms with Crippen molar-refractivity contribution >= 4 is 11.8 Å². The molecule has 5 heteroatoms. The Morgan fingerprint density at radius 3 is 2.46 bits per heavy atom. The second-order valence-corrected chi connectivity index (χ2v) is 7.26. The fraction of sp³-hybridized carbons (Fsp3) is 0.810. The van der Waals surface area contributed by atoms with Gasteiger partial charge in [0, 0.05) is 39.1 Å². The summed E-state index contributed by atoms with van der Waals surface area (Å²) in [6.45, 7) is 18.0. The van der Waals surface area contributed by atoms with Crippen molar-refractivity contribution in [1.29, 1.82) is 0 Å². The summed E-state index contributed by atoms with van der Waals surface area (Å²) in [4.78, 5) is 26.8. The molecule has 2 atom stereocenters. The van der Waals surface area contributed by atoms with Crippen molar-refractivity contribution in [2.24, 2.45) is 5.92 Å². The zero-order valence-electron chi connectivity index (χ0n) is 17.9. The first-order valence-electron chi connectivity index (χ1n) is 10.4. The van der Waals surface area contributed by atoms with Crippen LogP contribution < -0.4 is 10.6 Å². The third-order valence-corrected chi connectivity index (χ3v) is 4.60. The smallest absolute Gasteiger partial charge is 0.242 e. The van der Waals surface area contributed by atoms with Crippen LogP contribution >= 0.6 is 0 Å². The highest BCUT2D eigenvalue weighted by atomic mass is 16.2. The Bertz CT molecular complexity index is 441. The molecule has 1 rings (SSSR count). The maximum Gasteiger partial charge on any atom is 0.242 e. The van der Waals surface area contributed by atoms with Crippen LogP contribution in [0, 0.1) is 5.92 Å². The Morgan fingerprint density at radius 1 is 1.27 bits per heavy atom. The molecule has 0 unspecified atom stereocenters. The molecular formula is C21H43N3O2. The van der Waals surface area contributed by atoms with Crippen molar-refractivity contribution < 1.29 is 11.0 Å². The van der Waals surface area contributed by atoms with Crippen LogP contribution in [0.4, 0.5) is 0 Å². The molecule has 0 aromatic carbocycles. The molecule has 5 nitrogen and oxygen atoms in total. The van der Waals surface area contributed by atoms with Crippen LogP contribution in [0.15, 0.2) is 12.3 Å². The second kappa shape index (κ2) is 13.7. The lowest BCUT2D eigenvalue weighted by atomic mass is 10.0. The molecule has 0 bridgehead atoms.